The van der Waals surface area contributed by atoms with E-state index in [-0.39, 0.29) is 5.69 Å². The van der Waals surface area contributed by atoms with E-state index in [1.165, 1.54) is 11.8 Å². The van der Waals surface area contributed by atoms with Crippen molar-refractivity contribution in [1.29, 1.82) is 0 Å². The van der Waals surface area contributed by atoms with Crippen molar-refractivity contribution in [2.24, 2.45) is 0 Å². The lowest BCUT2D eigenvalue weighted by atomic mass is 10.2. The second kappa shape index (κ2) is 6.16. The van der Waals surface area contributed by atoms with E-state index in [4.69, 9.17) is 28.3 Å². The van der Waals surface area contributed by atoms with Crippen LogP contribution in [-0.4, -0.2) is 16.1 Å². The summed E-state index contributed by atoms with van der Waals surface area (Å²) in [5.41, 5.74) is 0.918. The summed E-state index contributed by atoms with van der Waals surface area (Å²) in [5, 5.41) is 10.9. The van der Waals surface area contributed by atoms with Crippen LogP contribution in [0.4, 0.5) is 0 Å². The van der Waals surface area contributed by atoms with E-state index < -0.39 is 5.97 Å². The van der Waals surface area contributed by atoms with Gasteiger partial charge in [0.1, 0.15) is 5.69 Å². The van der Waals surface area contributed by atoms with E-state index in [0.717, 1.165) is 25.2 Å². The van der Waals surface area contributed by atoms with Gasteiger partial charge in [0.25, 0.3) is 0 Å². The number of benzene rings is 2. The topological polar surface area (TPSA) is 53.1 Å². The lowest BCUT2D eigenvalue weighted by Gasteiger charge is -2.05. The number of aromatic carboxylic acids is 1. The maximum Gasteiger partial charge on any atom is 0.352 e. The van der Waals surface area contributed by atoms with E-state index in [2.05, 4.69) is 20.9 Å². The number of fused-ring (bicyclic) bond motifs is 1. The summed E-state index contributed by atoms with van der Waals surface area (Å²) in [4.78, 5) is 15.8. The number of nitrogens with one attached hydrogen (secondary N) is 1. The van der Waals surface area contributed by atoms with Crippen molar-refractivity contribution in [2.75, 3.05) is 0 Å². The van der Waals surface area contributed by atoms with Gasteiger partial charge in [-0.3, -0.25) is 0 Å². The van der Waals surface area contributed by atoms with Crippen molar-refractivity contribution in [3.8, 4) is 0 Å². The van der Waals surface area contributed by atoms with Crippen molar-refractivity contribution in [3.05, 3.63) is 56.6 Å². The van der Waals surface area contributed by atoms with Crippen LogP contribution in [0.5, 0.6) is 0 Å². The normalized spacial score (nSPS) is 11.0. The molecule has 2 N–H and O–H groups in total. The van der Waals surface area contributed by atoms with Crippen molar-refractivity contribution in [1.82, 2.24) is 4.98 Å². The maximum atomic E-state index is 11.0. The molecule has 0 spiro atoms. The minimum Gasteiger partial charge on any atom is -0.477 e. The van der Waals surface area contributed by atoms with E-state index in [1.54, 1.807) is 18.2 Å². The zero-order valence-electron chi connectivity index (χ0n) is 10.9. The minimum absolute atomic E-state index is 0.160. The molecule has 1 aromatic heterocycles. The van der Waals surface area contributed by atoms with Gasteiger partial charge >= 0.3 is 5.97 Å². The molecule has 0 atom stereocenters. The number of carbonyl (C=O) groups is 1. The van der Waals surface area contributed by atoms with Crippen LogP contribution in [0.15, 0.2) is 50.7 Å². The molecule has 22 heavy (non-hydrogen) atoms. The Morgan fingerprint density at radius 3 is 2.55 bits per heavy atom. The van der Waals surface area contributed by atoms with Crippen LogP contribution in [0.1, 0.15) is 10.5 Å². The lowest BCUT2D eigenvalue weighted by Crippen LogP contribution is -1.94. The Balaban J connectivity index is 2.00. The number of carboxylic acid groups (broad SMARTS) is 1. The van der Waals surface area contributed by atoms with Crippen molar-refractivity contribution >= 4 is 67.8 Å². The number of aromatic nitrogens is 1. The van der Waals surface area contributed by atoms with Gasteiger partial charge in [0, 0.05) is 25.2 Å². The van der Waals surface area contributed by atoms with Crippen LogP contribution in [0.25, 0.3) is 10.9 Å². The van der Waals surface area contributed by atoms with Crippen molar-refractivity contribution in [3.63, 3.8) is 0 Å². The van der Waals surface area contributed by atoms with Crippen LogP contribution in [-0.2, 0) is 0 Å². The van der Waals surface area contributed by atoms with Gasteiger partial charge in [-0.1, -0.05) is 50.9 Å². The van der Waals surface area contributed by atoms with Crippen LogP contribution in [0.2, 0.25) is 10.0 Å². The first-order valence-electron chi connectivity index (χ1n) is 6.12. The average molecular weight is 417 g/mol. The standard InChI is InChI=1S/C15H8BrCl2NO2S/c16-10-3-8(22-7-1-2-11(17)12(18)4-7)5-13-9(10)6-14(19-13)15(20)21/h1-6,19H,(H,20,21). The predicted molar refractivity (Wildman–Crippen MR) is 93.5 cm³/mol. The number of rotatable bonds is 3. The third-order valence-electron chi connectivity index (χ3n) is 3.02. The number of hydrogen-bond acceptors (Lipinski definition) is 2. The van der Waals surface area contributed by atoms with Crippen molar-refractivity contribution < 1.29 is 9.90 Å². The third-order valence-corrected chi connectivity index (χ3v) is 5.37. The Bertz CT molecular complexity index is 895. The fraction of sp³-hybridized carbons (Fsp3) is 0. The SMILES string of the molecule is O=C(O)c1cc2c(Br)cc(Sc3ccc(Cl)c(Cl)c3)cc2[nH]1. The smallest absolute Gasteiger partial charge is 0.352 e. The fourth-order valence-corrected chi connectivity index (χ4v) is 4.05. The Hall–Kier alpha value is -1.14. The second-order valence-electron chi connectivity index (χ2n) is 4.53. The summed E-state index contributed by atoms with van der Waals surface area (Å²) in [7, 11) is 0. The highest BCUT2D eigenvalue weighted by Crippen LogP contribution is 2.36. The third kappa shape index (κ3) is 3.13. The Kier molecular flexibility index (Phi) is 4.41. The molecule has 0 amide bonds. The van der Waals surface area contributed by atoms with Crippen LogP contribution >= 0.6 is 50.9 Å². The Morgan fingerprint density at radius 1 is 1.09 bits per heavy atom. The van der Waals surface area contributed by atoms with Gasteiger partial charge in [-0.05, 0) is 36.4 Å². The van der Waals surface area contributed by atoms with Gasteiger partial charge in [0.2, 0.25) is 0 Å². The van der Waals surface area contributed by atoms with Crippen LogP contribution in [0.3, 0.4) is 0 Å². The maximum absolute atomic E-state index is 11.0. The lowest BCUT2D eigenvalue weighted by molar-refractivity contribution is 0.0691. The summed E-state index contributed by atoms with van der Waals surface area (Å²) < 4.78 is 0.830. The number of aromatic amines is 1. The summed E-state index contributed by atoms with van der Waals surface area (Å²) in [6, 6.07) is 10.9. The molecule has 0 aliphatic rings. The van der Waals surface area contributed by atoms with E-state index in [1.807, 2.05) is 18.2 Å². The zero-order chi connectivity index (χ0) is 15.9. The molecule has 0 unspecified atom stereocenters. The molecule has 2 aromatic carbocycles. The van der Waals surface area contributed by atoms with Gasteiger partial charge in [0.05, 0.1) is 10.0 Å². The molecule has 112 valence electrons. The highest BCUT2D eigenvalue weighted by Gasteiger charge is 2.11. The fourth-order valence-electron chi connectivity index (χ4n) is 2.02. The molecule has 3 nitrogen and oxygen atoms in total. The van der Waals surface area contributed by atoms with Gasteiger partial charge in [-0.25, -0.2) is 4.79 Å². The Morgan fingerprint density at radius 2 is 1.86 bits per heavy atom. The van der Waals surface area contributed by atoms with Crippen molar-refractivity contribution in [2.45, 2.75) is 9.79 Å². The average Bonchev–Trinajstić information content (AvgIpc) is 2.88. The molecule has 3 rings (SSSR count). The molecule has 0 saturated carbocycles. The first kappa shape index (κ1) is 15.7. The molecule has 1 heterocycles. The molecule has 0 radical (unpaired) electrons. The second-order valence-corrected chi connectivity index (χ2v) is 7.35. The summed E-state index contributed by atoms with van der Waals surface area (Å²) in [6.45, 7) is 0. The summed E-state index contributed by atoms with van der Waals surface area (Å²) >= 11 is 16.9. The molecule has 0 aliphatic heterocycles. The van der Waals surface area contributed by atoms with E-state index in [0.29, 0.717) is 10.0 Å². The zero-order valence-corrected chi connectivity index (χ0v) is 14.8. The number of hydrogen-bond donors (Lipinski definition) is 2. The minimum atomic E-state index is -0.984. The van der Waals surface area contributed by atoms with Gasteiger partial charge in [0.15, 0.2) is 0 Å². The molecule has 3 aromatic rings. The molecule has 0 aliphatic carbocycles. The molecule has 7 heteroatoms. The monoisotopic (exact) mass is 415 g/mol. The van der Waals surface area contributed by atoms with Crippen LogP contribution < -0.4 is 0 Å². The largest absolute Gasteiger partial charge is 0.477 e. The highest BCUT2D eigenvalue weighted by molar-refractivity contribution is 9.10. The first-order chi connectivity index (χ1) is 10.4. The number of halogens is 3. The Labute approximate surface area is 148 Å². The number of carboxylic acids is 1. The van der Waals surface area contributed by atoms with E-state index >= 15 is 0 Å². The van der Waals surface area contributed by atoms with Gasteiger partial charge < -0.3 is 10.1 Å². The molecule has 0 fully saturated rings. The quantitative estimate of drug-likeness (QED) is 0.543. The van der Waals surface area contributed by atoms with Gasteiger partial charge in [-0.2, -0.15) is 0 Å². The first-order valence-corrected chi connectivity index (χ1v) is 8.49. The summed E-state index contributed by atoms with van der Waals surface area (Å²) in [6.07, 6.45) is 0. The van der Waals surface area contributed by atoms with Gasteiger partial charge in [-0.15, -0.1) is 0 Å². The highest BCUT2D eigenvalue weighted by atomic mass is 79.9. The van der Waals surface area contributed by atoms with Crippen LogP contribution in [0, 0.1) is 0 Å². The number of H-pyrrole nitrogens is 1. The molecular formula is C15H8BrCl2NO2S. The molecular weight excluding hydrogens is 409 g/mol. The molecule has 0 saturated heterocycles. The molecule has 0 bridgehead atoms. The predicted octanol–water partition coefficient (Wildman–Crippen LogP) is 6.09. The van der Waals surface area contributed by atoms with E-state index in [9.17, 15) is 4.79 Å². The summed E-state index contributed by atoms with van der Waals surface area (Å²) in [5.74, 6) is -0.984.